The first-order valence-electron chi connectivity index (χ1n) is 9.95. The van der Waals surface area contributed by atoms with Gasteiger partial charge in [-0.1, -0.05) is 6.07 Å². The Labute approximate surface area is 185 Å². The number of nitrogens with one attached hydrogen (secondary N) is 2. The van der Waals surface area contributed by atoms with E-state index in [0.29, 0.717) is 32.0 Å². The molecule has 0 bridgehead atoms. The van der Waals surface area contributed by atoms with E-state index in [1.807, 2.05) is 25.1 Å². The van der Waals surface area contributed by atoms with Crippen LogP contribution in [0.1, 0.15) is 11.9 Å². The second kappa shape index (κ2) is 8.91. The fourth-order valence-corrected chi connectivity index (χ4v) is 5.69. The van der Waals surface area contributed by atoms with Crippen molar-refractivity contribution in [1.29, 1.82) is 0 Å². The summed E-state index contributed by atoms with van der Waals surface area (Å²) < 4.78 is 33.4. The summed E-state index contributed by atoms with van der Waals surface area (Å²) in [5, 5.41) is 6.98. The second-order valence-corrected chi connectivity index (χ2v) is 10.5. The van der Waals surface area contributed by atoms with Gasteiger partial charge in [0.2, 0.25) is 15.9 Å². The monoisotopic (exact) mass is 460 g/mol. The van der Waals surface area contributed by atoms with E-state index in [2.05, 4.69) is 15.6 Å². The lowest BCUT2D eigenvalue weighted by atomic mass is 10.2. The maximum absolute atomic E-state index is 12.9. The number of fused-ring (bicyclic) bond motifs is 1. The van der Waals surface area contributed by atoms with Crippen molar-refractivity contribution in [2.75, 3.05) is 36.9 Å². The number of benzene rings is 2. The van der Waals surface area contributed by atoms with Crippen LogP contribution < -0.4 is 10.6 Å². The molecule has 0 radical (unpaired) electrons. The molecule has 10 heteroatoms. The quantitative estimate of drug-likeness (QED) is 0.586. The number of morpholine rings is 1. The summed E-state index contributed by atoms with van der Waals surface area (Å²) in [5.41, 5.74) is 2.19. The second-order valence-electron chi connectivity index (χ2n) is 7.31. The number of sulfonamides is 1. The molecule has 0 unspecified atom stereocenters. The predicted octanol–water partition coefficient (Wildman–Crippen LogP) is 3.06. The summed E-state index contributed by atoms with van der Waals surface area (Å²) in [6.07, 6.45) is 0. The minimum atomic E-state index is -3.63. The Kier molecular flexibility index (Phi) is 6.24. The third-order valence-electron chi connectivity index (χ3n) is 4.98. The number of carbonyl (C=O) groups is 1. The normalized spacial score (nSPS) is 16.2. The number of amides is 1. The van der Waals surface area contributed by atoms with Crippen LogP contribution in [0, 0.1) is 6.92 Å². The molecule has 1 saturated heterocycles. The van der Waals surface area contributed by atoms with E-state index >= 15 is 0 Å². The van der Waals surface area contributed by atoms with Crippen molar-refractivity contribution in [2.24, 2.45) is 0 Å². The molecule has 1 aromatic heterocycles. The lowest BCUT2D eigenvalue weighted by Gasteiger charge is -2.26. The van der Waals surface area contributed by atoms with Gasteiger partial charge in [0.15, 0.2) is 0 Å². The molecule has 1 atom stereocenters. The van der Waals surface area contributed by atoms with Crippen LogP contribution in [-0.4, -0.2) is 56.0 Å². The van der Waals surface area contributed by atoms with Crippen molar-refractivity contribution in [3.05, 3.63) is 47.5 Å². The number of anilines is 2. The number of ether oxygens (including phenoxy) is 1. The summed E-state index contributed by atoms with van der Waals surface area (Å²) in [4.78, 5) is 17.3. The maximum atomic E-state index is 12.9. The maximum Gasteiger partial charge on any atom is 0.246 e. The van der Waals surface area contributed by atoms with Crippen molar-refractivity contribution in [3.63, 3.8) is 0 Å². The highest BCUT2D eigenvalue weighted by Gasteiger charge is 2.26. The van der Waals surface area contributed by atoms with E-state index in [0.717, 1.165) is 20.9 Å². The Hall–Kier alpha value is -2.53. The molecular weight excluding hydrogens is 436 g/mol. The SMILES string of the molecule is Cc1nc2ccc(N[C@H](C)C(=O)Nc3cccc(S(=O)(=O)N4CCOCC4)c3)cc2s1. The first kappa shape index (κ1) is 21.7. The summed E-state index contributed by atoms with van der Waals surface area (Å²) in [7, 11) is -3.63. The van der Waals surface area contributed by atoms with Crippen LogP contribution in [0.25, 0.3) is 10.2 Å². The molecule has 1 amide bonds. The average molecular weight is 461 g/mol. The molecule has 2 N–H and O–H groups in total. The summed E-state index contributed by atoms with van der Waals surface area (Å²) in [6, 6.07) is 11.6. The number of carbonyl (C=O) groups excluding carboxylic acids is 1. The number of nitrogens with zero attached hydrogens (tertiary/aromatic N) is 2. The van der Waals surface area contributed by atoms with E-state index in [9.17, 15) is 13.2 Å². The van der Waals surface area contributed by atoms with Gasteiger partial charge in [-0.2, -0.15) is 4.31 Å². The average Bonchev–Trinajstić information content (AvgIpc) is 3.13. The fraction of sp³-hybridized carbons (Fsp3) is 0.333. The van der Waals surface area contributed by atoms with Crippen LogP contribution in [0.2, 0.25) is 0 Å². The number of hydrogen-bond acceptors (Lipinski definition) is 7. The standard InChI is InChI=1S/C21H24N4O4S2/c1-14(22-17-6-7-19-20(13-17)30-15(2)23-19)21(26)24-16-4-3-5-18(12-16)31(27,28)25-8-10-29-11-9-25/h3-7,12-14,22H,8-11H2,1-2H3,(H,24,26)/t14-/m1/s1. The molecule has 1 fully saturated rings. The van der Waals surface area contributed by atoms with Gasteiger partial charge in [-0.3, -0.25) is 4.79 Å². The number of rotatable bonds is 6. The van der Waals surface area contributed by atoms with Gasteiger partial charge in [0, 0.05) is 24.5 Å². The molecule has 2 heterocycles. The summed E-state index contributed by atoms with van der Waals surface area (Å²) in [5.74, 6) is -0.262. The Morgan fingerprint density at radius 3 is 2.71 bits per heavy atom. The molecular formula is C21H24N4O4S2. The molecule has 1 aliphatic heterocycles. The molecule has 4 rings (SSSR count). The van der Waals surface area contributed by atoms with Gasteiger partial charge < -0.3 is 15.4 Å². The van der Waals surface area contributed by atoms with Crippen molar-refractivity contribution in [1.82, 2.24) is 9.29 Å². The third kappa shape index (κ3) is 4.87. The van der Waals surface area contributed by atoms with Crippen molar-refractivity contribution < 1.29 is 17.9 Å². The lowest BCUT2D eigenvalue weighted by Crippen LogP contribution is -2.40. The van der Waals surface area contributed by atoms with Crippen LogP contribution in [-0.2, 0) is 19.6 Å². The Balaban J connectivity index is 1.44. The van der Waals surface area contributed by atoms with Crippen LogP contribution >= 0.6 is 11.3 Å². The molecule has 0 spiro atoms. The fourth-order valence-electron chi connectivity index (χ4n) is 3.37. The third-order valence-corrected chi connectivity index (χ3v) is 7.81. The van der Waals surface area contributed by atoms with Gasteiger partial charge in [0.1, 0.15) is 6.04 Å². The topological polar surface area (TPSA) is 101 Å². The predicted molar refractivity (Wildman–Crippen MR) is 122 cm³/mol. The minimum Gasteiger partial charge on any atom is -0.379 e. The van der Waals surface area contributed by atoms with Crippen LogP contribution in [0.3, 0.4) is 0 Å². The van der Waals surface area contributed by atoms with Crippen molar-refractivity contribution >= 4 is 48.9 Å². The Morgan fingerprint density at radius 2 is 1.94 bits per heavy atom. The number of hydrogen-bond donors (Lipinski definition) is 2. The van der Waals surface area contributed by atoms with Gasteiger partial charge in [-0.25, -0.2) is 13.4 Å². The molecule has 8 nitrogen and oxygen atoms in total. The Morgan fingerprint density at radius 1 is 1.16 bits per heavy atom. The van der Waals surface area contributed by atoms with E-state index in [1.165, 1.54) is 16.4 Å². The highest BCUT2D eigenvalue weighted by Crippen LogP contribution is 2.25. The number of aromatic nitrogens is 1. The molecule has 1 aliphatic rings. The highest BCUT2D eigenvalue weighted by atomic mass is 32.2. The molecule has 0 saturated carbocycles. The van der Waals surface area contributed by atoms with Gasteiger partial charge in [0.05, 0.1) is 33.3 Å². The lowest BCUT2D eigenvalue weighted by molar-refractivity contribution is -0.116. The molecule has 0 aliphatic carbocycles. The minimum absolute atomic E-state index is 0.152. The number of aryl methyl sites for hydroxylation is 1. The van der Waals surface area contributed by atoms with Crippen LogP contribution in [0.15, 0.2) is 47.4 Å². The van der Waals surface area contributed by atoms with E-state index in [1.54, 1.807) is 30.4 Å². The first-order valence-corrected chi connectivity index (χ1v) is 12.2. The van der Waals surface area contributed by atoms with Crippen LogP contribution in [0.5, 0.6) is 0 Å². The zero-order chi connectivity index (χ0) is 22.0. The molecule has 31 heavy (non-hydrogen) atoms. The smallest absolute Gasteiger partial charge is 0.246 e. The van der Waals surface area contributed by atoms with Gasteiger partial charge in [-0.05, 0) is 50.2 Å². The van der Waals surface area contributed by atoms with Crippen LogP contribution in [0.4, 0.5) is 11.4 Å². The number of thiazole rings is 1. The molecule has 2 aromatic carbocycles. The highest BCUT2D eigenvalue weighted by molar-refractivity contribution is 7.89. The molecule has 164 valence electrons. The molecule has 3 aromatic rings. The van der Waals surface area contributed by atoms with E-state index < -0.39 is 16.1 Å². The Bertz CT molecular complexity index is 1200. The van der Waals surface area contributed by atoms with Crippen molar-refractivity contribution in [3.8, 4) is 0 Å². The largest absolute Gasteiger partial charge is 0.379 e. The zero-order valence-corrected chi connectivity index (χ0v) is 18.9. The summed E-state index contributed by atoms with van der Waals surface area (Å²) in [6.45, 7) is 5.12. The van der Waals surface area contributed by atoms with Gasteiger partial charge in [-0.15, -0.1) is 11.3 Å². The van der Waals surface area contributed by atoms with E-state index in [4.69, 9.17) is 4.74 Å². The van der Waals surface area contributed by atoms with Gasteiger partial charge >= 0.3 is 0 Å². The van der Waals surface area contributed by atoms with E-state index in [-0.39, 0.29) is 10.8 Å². The van der Waals surface area contributed by atoms with Crippen molar-refractivity contribution in [2.45, 2.75) is 24.8 Å². The van der Waals surface area contributed by atoms with Gasteiger partial charge in [0.25, 0.3) is 0 Å². The first-order chi connectivity index (χ1) is 14.8. The summed E-state index contributed by atoms with van der Waals surface area (Å²) >= 11 is 1.60. The zero-order valence-electron chi connectivity index (χ0n) is 17.3.